The summed E-state index contributed by atoms with van der Waals surface area (Å²) in [5.41, 5.74) is 2.94. The van der Waals surface area contributed by atoms with Crippen LogP contribution >= 0.6 is 0 Å². The number of ether oxygens (including phenoxy) is 2. The fourth-order valence-corrected chi connectivity index (χ4v) is 3.43. The molecule has 124 valence electrons. The first kappa shape index (κ1) is 14.2. The van der Waals surface area contributed by atoms with Crippen molar-refractivity contribution in [3.63, 3.8) is 0 Å². The van der Waals surface area contributed by atoms with E-state index in [4.69, 9.17) is 19.5 Å². The Morgan fingerprint density at radius 3 is 2.12 bits per heavy atom. The Morgan fingerprint density at radius 2 is 1.67 bits per heavy atom. The number of hydrogen-bond donors (Lipinski definition) is 0. The zero-order valence-electron chi connectivity index (χ0n) is 14.1. The lowest BCUT2D eigenvalue weighted by Crippen LogP contribution is -2.28. The molecule has 1 aliphatic heterocycles. The van der Waals surface area contributed by atoms with Gasteiger partial charge >= 0.3 is 0 Å². The molecule has 0 unspecified atom stereocenters. The molecule has 3 saturated carbocycles. The van der Waals surface area contributed by atoms with E-state index in [1.165, 1.54) is 31.4 Å². The number of benzene rings is 1. The summed E-state index contributed by atoms with van der Waals surface area (Å²) in [6.45, 7) is 0.932. The molecule has 0 amide bonds. The predicted octanol–water partition coefficient (Wildman–Crippen LogP) is 3.27. The Bertz CT molecular complexity index is 792. The van der Waals surface area contributed by atoms with Crippen LogP contribution in [0, 0.1) is 10.8 Å². The van der Waals surface area contributed by atoms with E-state index in [2.05, 4.69) is 4.99 Å². The Kier molecular flexibility index (Phi) is 2.77. The topological polar surface area (TPSA) is 55.5 Å². The van der Waals surface area contributed by atoms with E-state index in [-0.39, 0.29) is 5.41 Å². The maximum absolute atomic E-state index is 5.41. The quantitative estimate of drug-likeness (QED) is 0.633. The van der Waals surface area contributed by atoms with Gasteiger partial charge in [-0.1, -0.05) is 0 Å². The van der Waals surface area contributed by atoms with E-state index in [0.29, 0.717) is 5.41 Å². The molecule has 0 atom stereocenters. The number of amidine groups is 2. The zero-order chi connectivity index (χ0) is 16.4. The first-order valence-electron chi connectivity index (χ1n) is 8.62. The first-order valence-corrected chi connectivity index (χ1v) is 8.62. The SMILES string of the molecule is COc1cc(OC)cc(C(=NC2=NCC23CC3)N=C2CC23CC3)c1. The van der Waals surface area contributed by atoms with Crippen molar-refractivity contribution in [1.29, 1.82) is 0 Å². The van der Waals surface area contributed by atoms with E-state index < -0.39 is 0 Å². The van der Waals surface area contributed by atoms with E-state index >= 15 is 0 Å². The second-order valence-corrected chi connectivity index (χ2v) is 7.47. The van der Waals surface area contributed by atoms with Gasteiger partial charge in [-0.2, -0.15) is 0 Å². The van der Waals surface area contributed by atoms with E-state index in [0.717, 1.165) is 41.7 Å². The Labute approximate surface area is 141 Å². The van der Waals surface area contributed by atoms with Crippen molar-refractivity contribution in [3.8, 4) is 11.5 Å². The van der Waals surface area contributed by atoms with E-state index in [1.54, 1.807) is 14.2 Å². The van der Waals surface area contributed by atoms with Crippen LogP contribution in [0.15, 0.2) is 33.2 Å². The van der Waals surface area contributed by atoms with Gasteiger partial charge in [0.25, 0.3) is 0 Å². The van der Waals surface area contributed by atoms with Crippen LogP contribution in [0.2, 0.25) is 0 Å². The van der Waals surface area contributed by atoms with Crippen molar-refractivity contribution in [2.24, 2.45) is 25.8 Å². The maximum atomic E-state index is 5.41. The highest BCUT2D eigenvalue weighted by atomic mass is 16.5. The summed E-state index contributed by atoms with van der Waals surface area (Å²) in [5.74, 6) is 3.25. The minimum atomic E-state index is 0.273. The van der Waals surface area contributed by atoms with Crippen molar-refractivity contribution >= 4 is 17.4 Å². The molecular formula is C19H21N3O2. The summed E-state index contributed by atoms with van der Waals surface area (Å²) in [6.07, 6.45) is 6.12. The number of methoxy groups -OCH3 is 2. The average molecular weight is 323 g/mol. The van der Waals surface area contributed by atoms with E-state index in [1.807, 2.05) is 18.2 Å². The van der Waals surface area contributed by atoms with Gasteiger partial charge in [-0.3, -0.25) is 4.99 Å². The highest BCUT2D eigenvalue weighted by Gasteiger charge is 2.60. The smallest absolute Gasteiger partial charge is 0.161 e. The molecule has 2 spiro atoms. The van der Waals surface area contributed by atoms with Gasteiger partial charge in [-0.05, 0) is 44.2 Å². The fourth-order valence-electron chi connectivity index (χ4n) is 3.43. The summed E-state index contributed by atoms with van der Waals surface area (Å²) < 4.78 is 10.8. The largest absolute Gasteiger partial charge is 0.497 e. The molecule has 24 heavy (non-hydrogen) atoms. The lowest BCUT2D eigenvalue weighted by atomic mass is 10.0. The molecule has 0 aromatic heterocycles. The van der Waals surface area contributed by atoms with Gasteiger partial charge in [0.1, 0.15) is 17.3 Å². The van der Waals surface area contributed by atoms with Gasteiger partial charge < -0.3 is 9.47 Å². The molecule has 0 radical (unpaired) electrons. The average Bonchev–Trinajstić information content (AvgIpc) is 3.48. The molecular weight excluding hydrogens is 302 g/mol. The second kappa shape index (κ2) is 4.68. The lowest BCUT2D eigenvalue weighted by molar-refractivity contribution is 0.394. The normalized spacial score (nSPS) is 26.2. The number of aliphatic imine (C=N–C) groups is 3. The fraction of sp³-hybridized carbons (Fsp3) is 0.526. The van der Waals surface area contributed by atoms with Gasteiger partial charge in [0.2, 0.25) is 0 Å². The molecule has 0 bridgehead atoms. The van der Waals surface area contributed by atoms with Gasteiger partial charge in [-0.15, -0.1) is 0 Å². The van der Waals surface area contributed by atoms with Crippen molar-refractivity contribution in [1.82, 2.24) is 0 Å². The van der Waals surface area contributed by atoms with Crippen LogP contribution in [0.25, 0.3) is 0 Å². The molecule has 5 nitrogen and oxygen atoms in total. The third-order valence-corrected chi connectivity index (χ3v) is 5.77. The summed E-state index contributed by atoms with van der Waals surface area (Å²) in [4.78, 5) is 14.3. The Balaban J connectivity index is 1.56. The molecule has 3 aliphatic carbocycles. The monoisotopic (exact) mass is 323 g/mol. The maximum Gasteiger partial charge on any atom is 0.161 e. The Morgan fingerprint density at radius 1 is 1.00 bits per heavy atom. The molecule has 1 heterocycles. The number of nitrogens with zero attached hydrogens (tertiary/aromatic N) is 3. The minimum absolute atomic E-state index is 0.273. The van der Waals surface area contributed by atoms with Crippen LogP contribution < -0.4 is 9.47 Å². The molecule has 1 aromatic carbocycles. The van der Waals surface area contributed by atoms with Crippen molar-refractivity contribution < 1.29 is 9.47 Å². The highest BCUT2D eigenvalue weighted by molar-refractivity contribution is 6.19. The van der Waals surface area contributed by atoms with Gasteiger partial charge in [-0.25, -0.2) is 9.98 Å². The summed E-state index contributed by atoms with van der Waals surface area (Å²) in [5, 5.41) is 0. The van der Waals surface area contributed by atoms with E-state index in [9.17, 15) is 0 Å². The zero-order valence-corrected chi connectivity index (χ0v) is 14.1. The first-order chi connectivity index (χ1) is 11.7. The predicted molar refractivity (Wildman–Crippen MR) is 93.8 cm³/mol. The summed E-state index contributed by atoms with van der Waals surface area (Å²) in [7, 11) is 3.33. The molecule has 3 fully saturated rings. The van der Waals surface area contributed by atoms with Gasteiger partial charge in [0.15, 0.2) is 5.84 Å². The highest BCUT2D eigenvalue weighted by Crippen LogP contribution is 2.63. The molecule has 4 aliphatic rings. The summed E-state index contributed by atoms with van der Waals surface area (Å²) >= 11 is 0. The third-order valence-electron chi connectivity index (χ3n) is 5.77. The standard InChI is InChI=1S/C19H21N3O2/c1-23-13-7-12(8-14(9-13)24-2)16(21-15-10-18(15)3-4-18)22-17-19(5-6-19)11-20-17/h7-9H,3-6,10-11H2,1-2H3. The van der Waals surface area contributed by atoms with Crippen molar-refractivity contribution in [2.45, 2.75) is 32.1 Å². The Hall–Kier alpha value is -2.17. The minimum Gasteiger partial charge on any atom is -0.497 e. The molecule has 1 aromatic rings. The second-order valence-electron chi connectivity index (χ2n) is 7.47. The van der Waals surface area contributed by atoms with Crippen LogP contribution in [0.1, 0.15) is 37.7 Å². The number of hydrogen-bond acceptors (Lipinski definition) is 4. The van der Waals surface area contributed by atoms with Crippen LogP contribution in [-0.2, 0) is 0 Å². The molecule has 0 saturated heterocycles. The number of rotatable bonds is 3. The van der Waals surface area contributed by atoms with Gasteiger partial charge in [0, 0.05) is 28.2 Å². The molecule has 5 heteroatoms. The molecule has 5 rings (SSSR count). The molecule has 0 N–H and O–H groups in total. The third kappa shape index (κ3) is 2.18. The lowest BCUT2D eigenvalue weighted by Gasteiger charge is -2.22. The van der Waals surface area contributed by atoms with Crippen LogP contribution in [0.4, 0.5) is 0 Å². The van der Waals surface area contributed by atoms with Crippen LogP contribution in [0.3, 0.4) is 0 Å². The van der Waals surface area contributed by atoms with Crippen LogP contribution in [0.5, 0.6) is 11.5 Å². The summed E-state index contributed by atoms with van der Waals surface area (Å²) in [6, 6.07) is 5.83. The van der Waals surface area contributed by atoms with Crippen LogP contribution in [-0.4, -0.2) is 38.1 Å². The van der Waals surface area contributed by atoms with Crippen molar-refractivity contribution in [3.05, 3.63) is 23.8 Å². The van der Waals surface area contributed by atoms with Crippen molar-refractivity contribution in [2.75, 3.05) is 20.8 Å². The van der Waals surface area contributed by atoms with Gasteiger partial charge in [0.05, 0.1) is 20.8 Å².